The molecule has 1 aliphatic rings. The molecule has 0 bridgehead atoms. The predicted octanol–water partition coefficient (Wildman–Crippen LogP) is 3.33. The van der Waals surface area contributed by atoms with Crippen molar-refractivity contribution in [1.82, 2.24) is 14.3 Å². The smallest absolute Gasteiger partial charge is 0.211 e. The first-order valence-corrected chi connectivity index (χ1v) is 11.3. The molecule has 1 aliphatic heterocycles. The minimum Gasteiger partial charge on any atom is -0.383 e. The fourth-order valence-electron chi connectivity index (χ4n) is 3.70. The summed E-state index contributed by atoms with van der Waals surface area (Å²) in [7, 11) is -3.25. The molecule has 0 amide bonds. The standard InChI is InChI=1S/C22H24N4O2S/c1-14-4-7-20(24-12-14)19-10-16(6-5-15(19)2)21-11-17-13-26(29(3,27)28)9-8-18(17)22(23)25-21/h4-7,10-12H,8-9,13H2,1-3H3,(H2,23,25). The van der Waals surface area contributed by atoms with Crippen molar-refractivity contribution in [2.45, 2.75) is 26.8 Å². The first-order chi connectivity index (χ1) is 13.7. The molecule has 2 N–H and O–H groups in total. The van der Waals surface area contributed by atoms with Gasteiger partial charge in [-0.1, -0.05) is 18.2 Å². The van der Waals surface area contributed by atoms with Gasteiger partial charge in [-0.25, -0.2) is 13.4 Å². The Balaban J connectivity index is 1.77. The van der Waals surface area contributed by atoms with Gasteiger partial charge in [-0.3, -0.25) is 4.98 Å². The maximum absolute atomic E-state index is 12.0. The van der Waals surface area contributed by atoms with Crippen molar-refractivity contribution in [3.63, 3.8) is 0 Å². The summed E-state index contributed by atoms with van der Waals surface area (Å²) >= 11 is 0. The van der Waals surface area contributed by atoms with Gasteiger partial charge in [-0.05, 0) is 55.2 Å². The van der Waals surface area contributed by atoms with Gasteiger partial charge in [0.25, 0.3) is 0 Å². The Morgan fingerprint density at radius 2 is 1.86 bits per heavy atom. The van der Waals surface area contributed by atoms with E-state index >= 15 is 0 Å². The zero-order valence-electron chi connectivity index (χ0n) is 16.8. The van der Waals surface area contributed by atoms with E-state index in [-0.39, 0.29) is 0 Å². The zero-order valence-corrected chi connectivity index (χ0v) is 17.6. The van der Waals surface area contributed by atoms with Crippen molar-refractivity contribution in [1.29, 1.82) is 0 Å². The maximum Gasteiger partial charge on any atom is 0.211 e. The number of rotatable bonds is 3. The average molecular weight is 409 g/mol. The lowest BCUT2D eigenvalue weighted by Gasteiger charge is -2.27. The highest BCUT2D eigenvalue weighted by atomic mass is 32.2. The van der Waals surface area contributed by atoms with Crippen LogP contribution in [0.2, 0.25) is 0 Å². The van der Waals surface area contributed by atoms with Crippen LogP contribution in [0, 0.1) is 13.8 Å². The monoisotopic (exact) mass is 408 g/mol. The molecule has 150 valence electrons. The van der Waals surface area contributed by atoms with Gasteiger partial charge in [-0.15, -0.1) is 0 Å². The summed E-state index contributed by atoms with van der Waals surface area (Å²) in [6, 6.07) is 12.1. The molecule has 0 fully saturated rings. The fourth-order valence-corrected chi connectivity index (χ4v) is 4.49. The number of sulfonamides is 1. The van der Waals surface area contributed by atoms with Gasteiger partial charge >= 0.3 is 0 Å². The van der Waals surface area contributed by atoms with E-state index in [0.29, 0.717) is 25.3 Å². The average Bonchev–Trinajstić information content (AvgIpc) is 2.68. The molecule has 3 heterocycles. The minimum absolute atomic E-state index is 0.326. The molecule has 0 spiro atoms. The van der Waals surface area contributed by atoms with E-state index in [0.717, 1.165) is 44.8 Å². The van der Waals surface area contributed by atoms with E-state index in [9.17, 15) is 8.42 Å². The summed E-state index contributed by atoms with van der Waals surface area (Å²) in [6.45, 7) is 4.83. The number of benzene rings is 1. The number of nitrogens with two attached hydrogens (primary N) is 1. The summed E-state index contributed by atoms with van der Waals surface area (Å²) in [5.41, 5.74) is 14.0. The van der Waals surface area contributed by atoms with Gasteiger partial charge in [0.15, 0.2) is 0 Å². The number of aromatic nitrogens is 2. The Morgan fingerprint density at radius 3 is 2.55 bits per heavy atom. The molecule has 29 heavy (non-hydrogen) atoms. The Hall–Kier alpha value is -2.77. The summed E-state index contributed by atoms with van der Waals surface area (Å²) in [5, 5.41) is 0. The second-order valence-electron chi connectivity index (χ2n) is 7.63. The van der Waals surface area contributed by atoms with E-state index in [4.69, 9.17) is 5.73 Å². The molecule has 6 nitrogen and oxygen atoms in total. The van der Waals surface area contributed by atoms with Crippen LogP contribution in [-0.2, 0) is 23.0 Å². The molecule has 2 aromatic heterocycles. The maximum atomic E-state index is 12.0. The number of hydrogen-bond acceptors (Lipinski definition) is 5. The lowest BCUT2D eigenvalue weighted by molar-refractivity contribution is 0.395. The van der Waals surface area contributed by atoms with Crippen molar-refractivity contribution < 1.29 is 8.42 Å². The third kappa shape index (κ3) is 3.88. The van der Waals surface area contributed by atoms with Crippen LogP contribution in [0.15, 0.2) is 42.6 Å². The summed E-state index contributed by atoms with van der Waals surface area (Å²) in [4.78, 5) is 9.16. The Labute approximate surface area is 171 Å². The number of pyridine rings is 2. The van der Waals surface area contributed by atoms with Crippen molar-refractivity contribution in [2.75, 3.05) is 18.5 Å². The van der Waals surface area contributed by atoms with E-state index in [1.165, 1.54) is 10.6 Å². The van der Waals surface area contributed by atoms with E-state index < -0.39 is 10.0 Å². The van der Waals surface area contributed by atoms with Crippen molar-refractivity contribution in [2.24, 2.45) is 0 Å². The molecule has 0 radical (unpaired) electrons. The topological polar surface area (TPSA) is 89.2 Å². The van der Waals surface area contributed by atoms with E-state index in [2.05, 4.69) is 23.0 Å². The van der Waals surface area contributed by atoms with Gasteiger partial charge in [0.1, 0.15) is 5.82 Å². The molecule has 7 heteroatoms. The number of hydrogen-bond donors (Lipinski definition) is 1. The van der Waals surface area contributed by atoms with Crippen LogP contribution in [0.3, 0.4) is 0 Å². The van der Waals surface area contributed by atoms with Crippen LogP contribution >= 0.6 is 0 Å². The SMILES string of the molecule is Cc1ccc(-c2cc(-c3cc4c(c(N)n3)CCN(S(C)(=O)=O)C4)ccc2C)nc1. The van der Waals surface area contributed by atoms with Crippen molar-refractivity contribution >= 4 is 15.8 Å². The van der Waals surface area contributed by atoms with Crippen molar-refractivity contribution in [3.05, 3.63) is 64.8 Å². The van der Waals surface area contributed by atoms with Gasteiger partial charge in [0, 0.05) is 36.0 Å². The summed E-state index contributed by atoms with van der Waals surface area (Å²) in [6.07, 6.45) is 3.68. The lowest BCUT2D eigenvalue weighted by Crippen LogP contribution is -2.35. The number of aryl methyl sites for hydroxylation is 2. The van der Waals surface area contributed by atoms with Crippen LogP contribution in [0.4, 0.5) is 5.82 Å². The molecule has 0 unspecified atom stereocenters. The normalized spacial score (nSPS) is 14.6. The second kappa shape index (κ2) is 7.24. The molecule has 0 atom stereocenters. The molecule has 3 aromatic rings. The Kier molecular flexibility index (Phi) is 4.88. The highest BCUT2D eigenvalue weighted by Crippen LogP contribution is 2.32. The van der Waals surface area contributed by atoms with Crippen LogP contribution in [-0.4, -0.2) is 35.5 Å². The van der Waals surface area contributed by atoms with E-state index in [1.807, 2.05) is 43.5 Å². The largest absolute Gasteiger partial charge is 0.383 e. The van der Waals surface area contributed by atoms with Gasteiger partial charge in [0.2, 0.25) is 10.0 Å². The highest BCUT2D eigenvalue weighted by Gasteiger charge is 2.25. The van der Waals surface area contributed by atoms with E-state index in [1.54, 1.807) is 0 Å². The molecule has 0 saturated carbocycles. The van der Waals surface area contributed by atoms with Gasteiger partial charge in [-0.2, -0.15) is 4.31 Å². The lowest BCUT2D eigenvalue weighted by atomic mass is 9.96. The third-order valence-corrected chi connectivity index (χ3v) is 6.65. The predicted molar refractivity (Wildman–Crippen MR) is 116 cm³/mol. The minimum atomic E-state index is -3.25. The molecular formula is C22H24N4O2S. The molecule has 0 aliphatic carbocycles. The second-order valence-corrected chi connectivity index (χ2v) is 9.61. The van der Waals surface area contributed by atoms with Crippen LogP contribution in [0.25, 0.3) is 22.5 Å². The number of anilines is 1. The van der Waals surface area contributed by atoms with Crippen LogP contribution in [0.5, 0.6) is 0 Å². The molecule has 0 saturated heterocycles. The number of nitrogens with zero attached hydrogens (tertiary/aromatic N) is 3. The quantitative estimate of drug-likeness (QED) is 0.718. The Morgan fingerprint density at radius 1 is 1.07 bits per heavy atom. The fraction of sp³-hybridized carbons (Fsp3) is 0.273. The molecular weight excluding hydrogens is 384 g/mol. The first-order valence-electron chi connectivity index (χ1n) is 9.50. The zero-order chi connectivity index (χ0) is 20.8. The van der Waals surface area contributed by atoms with Crippen molar-refractivity contribution in [3.8, 4) is 22.5 Å². The third-order valence-electron chi connectivity index (χ3n) is 5.40. The van der Waals surface area contributed by atoms with Crippen LogP contribution < -0.4 is 5.73 Å². The molecule has 4 rings (SSSR count). The Bertz CT molecular complexity index is 1190. The van der Waals surface area contributed by atoms with Gasteiger partial charge < -0.3 is 5.73 Å². The van der Waals surface area contributed by atoms with Crippen LogP contribution in [0.1, 0.15) is 22.3 Å². The first kappa shape index (κ1) is 19.5. The number of nitrogen functional groups attached to an aromatic ring is 1. The summed E-state index contributed by atoms with van der Waals surface area (Å²) in [5.74, 6) is 0.473. The molecule has 1 aromatic carbocycles. The van der Waals surface area contributed by atoms with Gasteiger partial charge in [0.05, 0.1) is 17.6 Å². The number of fused-ring (bicyclic) bond motifs is 1. The summed E-state index contributed by atoms with van der Waals surface area (Å²) < 4.78 is 25.4. The highest BCUT2D eigenvalue weighted by molar-refractivity contribution is 7.88.